The van der Waals surface area contributed by atoms with Crippen molar-refractivity contribution < 1.29 is 4.74 Å². The summed E-state index contributed by atoms with van der Waals surface area (Å²) in [6.07, 6.45) is 4.13. The highest BCUT2D eigenvalue weighted by atomic mass is 35.5. The van der Waals surface area contributed by atoms with Crippen LogP contribution >= 0.6 is 11.6 Å². The number of rotatable bonds is 6. The second kappa shape index (κ2) is 6.15. The van der Waals surface area contributed by atoms with Crippen LogP contribution in [0.1, 0.15) is 31.7 Å². The van der Waals surface area contributed by atoms with Crippen LogP contribution in [-0.4, -0.2) is 13.2 Å². The van der Waals surface area contributed by atoms with Gasteiger partial charge in [0, 0.05) is 17.8 Å². The number of ether oxygens (including phenoxy) is 1. The smallest absolute Gasteiger partial charge is 0.123 e. The van der Waals surface area contributed by atoms with E-state index in [0.29, 0.717) is 12.5 Å². The SMILES string of the molecule is CCOc1ccc(NCC2CCC2)cc1CCl. The molecule has 0 unspecified atom stereocenters. The van der Waals surface area contributed by atoms with E-state index in [0.717, 1.165) is 29.5 Å². The van der Waals surface area contributed by atoms with Crippen molar-refractivity contribution in [3.05, 3.63) is 23.8 Å². The first-order valence-electron chi connectivity index (χ1n) is 6.39. The van der Waals surface area contributed by atoms with Gasteiger partial charge >= 0.3 is 0 Å². The zero-order valence-electron chi connectivity index (χ0n) is 10.3. The van der Waals surface area contributed by atoms with Gasteiger partial charge in [-0.1, -0.05) is 6.42 Å². The maximum atomic E-state index is 5.93. The zero-order valence-corrected chi connectivity index (χ0v) is 11.1. The molecule has 0 radical (unpaired) electrons. The first kappa shape index (κ1) is 12.6. The molecule has 0 saturated heterocycles. The summed E-state index contributed by atoms with van der Waals surface area (Å²) in [5, 5.41) is 3.48. The normalized spacial score (nSPS) is 15.4. The molecule has 0 amide bonds. The number of anilines is 1. The third-order valence-electron chi connectivity index (χ3n) is 3.32. The third-order valence-corrected chi connectivity index (χ3v) is 3.61. The lowest BCUT2D eigenvalue weighted by Gasteiger charge is -2.26. The van der Waals surface area contributed by atoms with Crippen LogP contribution < -0.4 is 10.1 Å². The van der Waals surface area contributed by atoms with Gasteiger partial charge in [0.1, 0.15) is 5.75 Å². The maximum absolute atomic E-state index is 5.93. The quantitative estimate of drug-likeness (QED) is 0.773. The minimum absolute atomic E-state index is 0.494. The monoisotopic (exact) mass is 253 g/mol. The van der Waals surface area contributed by atoms with Crippen LogP contribution in [0, 0.1) is 5.92 Å². The average molecular weight is 254 g/mol. The summed E-state index contributed by atoms with van der Waals surface area (Å²) in [7, 11) is 0. The Bertz CT molecular complexity index is 363. The summed E-state index contributed by atoms with van der Waals surface area (Å²) < 4.78 is 5.53. The number of alkyl halides is 1. The van der Waals surface area contributed by atoms with E-state index < -0.39 is 0 Å². The fourth-order valence-corrected chi connectivity index (χ4v) is 2.26. The topological polar surface area (TPSA) is 21.3 Å². The van der Waals surface area contributed by atoms with Crippen molar-refractivity contribution in [3.63, 3.8) is 0 Å². The molecule has 17 heavy (non-hydrogen) atoms. The number of hydrogen-bond donors (Lipinski definition) is 1. The van der Waals surface area contributed by atoms with Gasteiger partial charge in [-0.15, -0.1) is 11.6 Å². The van der Waals surface area contributed by atoms with Crippen molar-refractivity contribution >= 4 is 17.3 Å². The van der Waals surface area contributed by atoms with E-state index in [1.165, 1.54) is 19.3 Å². The van der Waals surface area contributed by atoms with Crippen molar-refractivity contribution in [3.8, 4) is 5.75 Å². The third kappa shape index (κ3) is 3.29. The lowest BCUT2D eigenvalue weighted by Crippen LogP contribution is -2.20. The standard InChI is InChI=1S/C14H20ClNO/c1-2-17-14-7-6-13(8-12(14)9-15)16-10-11-4-3-5-11/h6-8,11,16H,2-5,9-10H2,1H3. The zero-order chi connectivity index (χ0) is 12.1. The van der Waals surface area contributed by atoms with E-state index >= 15 is 0 Å². The summed E-state index contributed by atoms with van der Waals surface area (Å²) in [5.41, 5.74) is 2.21. The molecule has 1 fully saturated rings. The Morgan fingerprint density at radius 1 is 1.41 bits per heavy atom. The lowest BCUT2D eigenvalue weighted by atomic mass is 9.85. The molecule has 2 nitrogen and oxygen atoms in total. The largest absolute Gasteiger partial charge is 0.494 e. The minimum atomic E-state index is 0.494. The number of benzene rings is 1. The molecule has 1 aromatic carbocycles. The van der Waals surface area contributed by atoms with Crippen LogP contribution in [0.2, 0.25) is 0 Å². The maximum Gasteiger partial charge on any atom is 0.123 e. The van der Waals surface area contributed by atoms with Gasteiger partial charge in [-0.25, -0.2) is 0 Å². The molecule has 0 bridgehead atoms. The Morgan fingerprint density at radius 2 is 2.24 bits per heavy atom. The summed E-state index contributed by atoms with van der Waals surface area (Å²) in [5.74, 6) is 2.26. The molecular formula is C14H20ClNO. The predicted molar refractivity (Wildman–Crippen MR) is 73.0 cm³/mol. The summed E-state index contributed by atoms with van der Waals surface area (Å²) in [6, 6.07) is 6.17. The summed E-state index contributed by atoms with van der Waals surface area (Å²) in [4.78, 5) is 0. The van der Waals surface area contributed by atoms with Gasteiger partial charge in [-0.2, -0.15) is 0 Å². The molecule has 1 saturated carbocycles. The van der Waals surface area contributed by atoms with Gasteiger partial charge in [0.15, 0.2) is 0 Å². The Labute approximate surface area is 108 Å². The number of hydrogen-bond acceptors (Lipinski definition) is 2. The Kier molecular flexibility index (Phi) is 4.55. The van der Waals surface area contributed by atoms with Crippen molar-refractivity contribution in [1.29, 1.82) is 0 Å². The molecule has 2 rings (SSSR count). The van der Waals surface area contributed by atoms with E-state index in [2.05, 4.69) is 17.4 Å². The van der Waals surface area contributed by atoms with E-state index in [-0.39, 0.29) is 0 Å². The molecule has 94 valence electrons. The van der Waals surface area contributed by atoms with E-state index in [1.54, 1.807) is 0 Å². The molecule has 0 aliphatic heterocycles. The van der Waals surface area contributed by atoms with E-state index in [9.17, 15) is 0 Å². The minimum Gasteiger partial charge on any atom is -0.494 e. The molecule has 0 spiro atoms. The van der Waals surface area contributed by atoms with Crippen LogP contribution in [0.15, 0.2) is 18.2 Å². The van der Waals surface area contributed by atoms with Gasteiger partial charge in [-0.3, -0.25) is 0 Å². The Morgan fingerprint density at radius 3 is 2.82 bits per heavy atom. The van der Waals surface area contributed by atoms with Gasteiger partial charge < -0.3 is 10.1 Å². The van der Waals surface area contributed by atoms with Crippen LogP contribution in [0.5, 0.6) is 5.75 Å². The predicted octanol–water partition coefficient (Wildman–Crippen LogP) is 4.04. The molecule has 1 aliphatic carbocycles. The van der Waals surface area contributed by atoms with Crippen LogP contribution in [-0.2, 0) is 5.88 Å². The fourth-order valence-electron chi connectivity index (χ4n) is 2.05. The van der Waals surface area contributed by atoms with Gasteiger partial charge in [0.2, 0.25) is 0 Å². The highest BCUT2D eigenvalue weighted by molar-refractivity contribution is 6.17. The summed E-state index contributed by atoms with van der Waals surface area (Å²) in [6.45, 7) is 3.75. The molecule has 0 heterocycles. The van der Waals surface area contributed by atoms with Crippen LogP contribution in [0.25, 0.3) is 0 Å². The first-order valence-corrected chi connectivity index (χ1v) is 6.92. The van der Waals surface area contributed by atoms with E-state index in [1.807, 2.05) is 13.0 Å². The Hall–Kier alpha value is -0.890. The van der Waals surface area contributed by atoms with Crippen molar-refractivity contribution in [2.45, 2.75) is 32.1 Å². The van der Waals surface area contributed by atoms with Crippen molar-refractivity contribution in [2.75, 3.05) is 18.5 Å². The van der Waals surface area contributed by atoms with E-state index in [4.69, 9.17) is 16.3 Å². The number of halogens is 1. The molecule has 1 aliphatic rings. The molecule has 0 atom stereocenters. The van der Waals surface area contributed by atoms with Crippen LogP contribution in [0.4, 0.5) is 5.69 Å². The number of nitrogens with one attached hydrogen (secondary N) is 1. The van der Waals surface area contributed by atoms with Gasteiger partial charge in [0.25, 0.3) is 0 Å². The fraction of sp³-hybridized carbons (Fsp3) is 0.571. The molecule has 1 N–H and O–H groups in total. The van der Waals surface area contributed by atoms with Crippen molar-refractivity contribution in [1.82, 2.24) is 0 Å². The summed E-state index contributed by atoms with van der Waals surface area (Å²) >= 11 is 5.93. The second-order valence-electron chi connectivity index (χ2n) is 4.57. The lowest BCUT2D eigenvalue weighted by molar-refractivity contribution is 0.333. The highest BCUT2D eigenvalue weighted by Crippen LogP contribution is 2.28. The van der Waals surface area contributed by atoms with Crippen LogP contribution in [0.3, 0.4) is 0 Å². The van der Waals surface area contributed by atoms with Crippen molar-refractivity contribution in [2.24, 2.45) is 5.92 Å². The molecule has 1 aromatic rings. The molecule has 3 heteroatoms. The molecule has 0 aromatic heterocycles. The Balaban J connectivity index is 1.97. The molecular weight excluding hydrogens is 234 g/mol. The van der Waals surface area contributed by atoms with Gasteiger partial charge in [-0.05, 0) is 43.9 Å². The first-order chi connectivity index (χ1) is 8.33. The highest BCUT2D eigenvalue weighted by Gasteiger charge is 2.16. The average Bonchev–Trinajstić information content (AvgIpc) is 2.29. The van der Waals surface area contributed by atoms with Gasteiger partial charge in [0.05, 0.1) is 12.5 Å². The second-order valence-corrected chi connectivity index (χ2v) is 4.83.